The number of aliphatic hydroxyl groups is 3. The topological polar surface area (TPSA) is 113 Å². The van der Waals surface area contributed by atoms with E-state index in [-0.39, 0.29) is 6.29 Å². The Morgan fingerprint density at radius 1 is 1.55 bits per heavy atom. The second-order valence-corrected chi connectivity index (χ2v) is 1.98. The molecule has 0 fully saturated rings. The van der Waals surface area contributed by atoms with Gasteiger partial charge in [-0.05, 0) is 0 Å². The van der Waals surface area contributed by atoms with Crippen molar-refractivity contribution in [3.63, 3.8) is 0 Å². The van der Waals surface area contributed by atoms with E-state index in [2.05, 4.69) is 10.7 Å². The number of aldehydes is 1. The predicted octanol–water partition coefficient (Wildman–Crippen LogP) is -2.84. The Kier molecular flexibility index (Phi) is 4.92. The number of carbonyl (C=O) groups is 1. The highest BCUT2D eigenvalue weighted by Gasteiger charge is 2.25. The van der Waals surface area contributed by atoms with Crippen LogP contribution in [0.15, 0.2) is 0 Å². The first kappa shape index (κ1) is 10.5. The van der Waals surface area contributed by atoms with Gasteiger partial charge in [0.2, 0.25) is 0 Å². The van der Waals surface area contributed by atoms with Gasteiger partial charge in [-0.1, -0.05) is 0 Å². The number of carbonyl (C=O) groups excluding carboxylic acids is 1. The Bertz CT molecular complexity index is 119. The molecule has 0 aliphatic carbocycles. The Morgan fingerprint density at radius 2 is 2.09 bits per heavy atom. The molecular formula is C5H11NO5. The molecule has 6 heteroatoms. The molecule has 3 atom stereocenters. The fourth-order valence-corrected chi connectivity index (χ4v) is 0.520. The molecule has 0 aliphatic heterocycles. The predicted molar refractivity (Wildman–Crippen MR) is 34.2 cm³/mol. The van der Waals surface area contributed by atoms with E-state index in [1.54, 1.807) is 0 Å². The molecule has 0 aromatic rings. The van der Waals surface area contributed by atoms with Crippen LogP contribution in [0.1, 0.15) is 0 Å². The molecule has 5 N–H and O–H groups in total. The van der Waals surface area contributed by atoms with E-state index in [0.29, 0.717) is 0 Å². The van der Waals surface area contributed by atoms with Gasteiger partial charge in [0.1, 0.15) is 12.2 Å². The lowest BCUT2D eigenvalue weighted by molar-refractivity contribution is -0.136. The molecule has 0 spiro atoms. The summed E-state index contributed by atoms with van der Waals surface area (Å²) in [6.45, 7) is -0.658. The van der Waals surface area contributed by atoms with E-state index in [9.17, 15) is 4.79 Å². The first-order valence-electron chi connectivity index (χ1n) is 2.95. The summed E-state index contributed by atoms with van der Waals surface area (Å²) < 4.78 is 0. The van der Waals surface area contributed by atoms with E-state index < -0.39 is 24.9 Å². The van der Waals surface area contributed by atoms with Crippen molar-refractivity contribution in [1.29, 1.82) is 0 Å². The molecule has 0 amide bonds. The average molecular weight is 165 g/mol. The molecule has 0 rings (SSSR count). The zero-order chi connectivity index (χ0) is 8.85. The van der Waals surface area contributed by atoms with Gasteiger partial charge in [0, 0.05) is 0 Å². The van der Waals surface area contributed by atoms with Gasteiger partial charge in [-0.2, -0.15) is 0 Å². The van der Waals surface area contributed by atoms with Gasteiger partial charge < -0.3 is 20.1 Å². The fourth-order valence-electron chi connectivity index (χ4n) is 0.520. The van der Waals surface area contributed by atoms with Gasteiger partial charge in [-0.25, -0.2) is 5.90 Å². The second kappa shape index (κ2) is 5.16. The molecule has 0 aromatic carbocycles. The third-order valence-electron chi connectivity index (χ3n) is 1.21. The third kappa shape index (κ3) is 2.91. The summed E-state index contributed by atoms with van der Waals surface area (Å²) in [5.41, 5.74) is 0. The van der Waals surface area contributed by atoms with Crippen LogP contribution in [0, 0.1) is 0 Å². The minimum Gasteiger partial charge on any atom is -0.394 e. The van der Waals surface area contributed by atoms with Crippen LogP contribution in [-0.2, 0) is 9.63 Å². The summed E-state index contributed by atoms with van der Waals surface area (Å²) >= 11 is 0. The lowest BCUT2D eigenvalue weighted by atomic mass is 10.1. The van der Waals surface area contributed by atoms with E-state index >= 15 is 0 Å². The number of hydrogen-bond donors (Lipinski definition) is 4. The molecule has 0 aromatic heterocycles. The van der Waals surface area contributed by atoms with Crippen LogP contribution in [0.2, 0.25) is 0 Å². The van der Waals surface area contributed by atoms with E-state index in [1.807, 2.05) is 0 Å². The van der Waals surface area contributed by atoms with Crippen LogP contribution in [0.3, 0.4) is 0 Å². The van der Waals surface area contributed by atoms with Gasteiger partial charge in [0.15, 0.2) is 12.4 Å². The van der Waals surface area contributed by atoms with Crippen molar-refractivity contribution in [3.8, 4) is 0 Å². The van der Waals surface area contributed by atoms with Crippen molar-refractivity contribution in [1.82, 2.24) is 0 Å². The minimum atomic E-state index is -1.50. The molecular weight excluding hydrogens is 154 g/mol. The second-order valence-electron chi connectivity index (χ2n) is 1.98. The largest absolute Gasteiger partial charge is 0.394 e. The van der Waals surface area contributed by atoms with Crippen LogP contribution in [0.25, 0.3) is 0 Å². The highest BCUT2D eigenvalue weighted by Crippen LogP contribution is 1.99. The molecule has 0 aliphatic rings. The molecule has 0 saturated carbocycles. The maximum Gasteiger partial charge on any atom is 0.162 e. The molecule has 11 heavy (non-hydrogen) atoms. The van der Waals surface area contributed by atoms with Crippen molar-refractivity contribution >= 4 is 6.29 Å². The van der Waals surface area contributed by atoms with Crippen molar-refractivity contribution < 1.29 is 25.0 Å². The summed E-state index contributed by atoms with van der Waals surface area (Å²) in [7, 11) is 0. The van der Waals surface area contributed by atoms with E-state index in [0.717, 1.165) is 0 Å². The normalized spacial score (nSPS) is 18.9. The number of hydrogen-bond acceptors (Lipinski definition) is 6. The molecule has 3 unspecified atom stereocenters. The van der Waals surface area contributed by atoms with Crippen LogP contribution < -0.4 is 5.90 Å². The molecule has 0 radical (unpaired) electrons. The van der Waals surface area contributed by atoms with Crippen LogP contribution in [-0.4, -0.2) is 46.5 Å². The van der Waals surface area contributed by atoms with Crippen molar-refractivity contribution in [3.05, 3.63) is 0 Å². The SMILES string of the molecule is NOC(C=O)C(O)C(O)CO. The van der Waals surface area contributed by atoms with Gasteiger partial charge in [-0.15, -0.1) is 0 Å². The van der Waals surface area contributed by atoms with Crippen molar-refractivity contribution in [2.45, 2.75) is 18.3 Å². The van der Waals surface area contributed by atoms with Gasteiger partial charge >= 0.3 is 0 Å². The number of rotatable bonds is 5. The maximum absolute atomic E-state index is 10.0. The van der Waals surface area contributed by atoms with Crippen LogP contribution in [0.5, 0.6) is 0 Å². The Labute approximate surface area is 63.2 Å². The highest BCUT2D eigenvalue weighted by atomic mass is 16.6. The summed E-state index contributed by atoms with van der Waals surface area (Å²) in [4.78, 5) is 14.0. The Hall–Kier alpha value is -0.530. The van der Waals surface area contributed by atoms with E-state index in [1.165, 1.54) is 0 Å². The molecule has 66 valence electrons. The average Bonchev–Trinajstić information content (AvgIpc) is 2.05. The fraction of sp³-hybridized carbons (Fsp3) is 0.800. The Balaban J connectivity index is 3.96. The summed E-state index contributed by atoms with van der Waals surface area (Å²) in [5.74, 6) is 4.59. The van der Waals surface area contributed by atoms with Gasteiger partial charge in [-0.3, -0.25) is 4.84 Å². The van der Waals surface area contributed by atoms with Gasteiger partial charge in [0.25, 0.3) is 0 Å². The zero-order valence-electron chi connectivity index (χ0n) is 5.75. The van der Waals surface area contributed by atoms with Crippen molar-refractivity contribution in [2.75, 3.05) is 6.61 Å². The maximum atomic E-state index is 10.0. The summed E-state index contributed by atoms with van der Waals surface area (Å²) in [6.07, 6.45) is -3.99. The lowest BCUT2D eigenvalue weighted by Gasteiger charge is -2.18. The van der Waals surface area contributed by atoms with Crippen LogP contribution in [0.4, 0.5) is 0 Å². The quantitative estimate of drug-likeness (QED) is 0.258. The first-order chi connectivity index (χ1) is 5.17. The van der Waals surface area contributed by atoms with E-state index in [4.69, 9.17) is 15.3 Å². The number of nitrogens with two attached hydrogens (primary N) is 1. The van der Waals surface area contributed by atoms with Gasteiger partial charge in [0.05, 0.1) is 6.61 Å². The highest BCUT2D eigenvalue weighted by molar-refractivity contribution is 5.57. The first-order valence-corrected chi connectivity index (χ1v) is 2.95. The molecule has 0 bridgehead atoms. The smallest absolute Gasteiger partial charge is 0.162 e. The number of aliphatic hydroxyl groups excluding tert-OH is 3. The molecule has 6 nitrogen and oxygen atoms in total. The van der Waals surface area contributed by atoms with Crippen LogP contribution >= 0.6 is 0 Å². The lowest BCUT2D eigenvalue weighted by Crippen LogP contribution is -2.43. The minimum absolute atomic E-state index is 0.240. The third-order valence-corrected chi connectivity index (χ3v) is 1.21. The summed E-state index contributed by atoms with van der Waals surface area (Å²) in [6, 6.07) is 0. The zero-order valence-corrected chi connectivity index (χ0v) is 5.75. The Morgan fingerprint density at radius 3 is 2.36 bits per heavy atom. The monoisotopic (exact) mass is 165 g/mol. The molecule has 0 saturated heterocycles. The summed E-state index contributed by atoms with van der Waals surface area (Å²) in [5, 5.41) is 26.0. The van der Waals surface area contributed by atoms with Crippen molar-refractivity contribution in [2.24, 2.45) is 5.90 Å². The standard InChI is InChI=1S/C5H11NO5/c6-11-4(2-8)5(10)3(9)1-7/h2-5,7,9-10H,1,6H2. The molecule has 0 heterocycles.